The molecule has 7 heteroatoms. The van der Waals surface area contributed by atoms with E-state index in [1.54, 1.807) is 0 Å². The van der Waals surface area contributed by atoms with Crippen molar-refractivity contribution in [2.24, 2.45) is 0 Å². The standard InChI is InChI=1S/C21H27N5O2/c27-21-18(7-4-10-26(21)17-5-2-1-3-6-17)25-13-11-24(12-14-25)15-19-22-23-20(28-19)16-8-9-16/h1-3,5-6,16,18H,4,7-15H2/t18-/m0/s1. The maximum absolute atomic E-state index is 13.1. The lowest BCUT2D eigenvalue weighted by Crippen LogP contribution is -2.57. The van der Waals surface area contributed by atoms with Crippen molar-refractivity contribution >= 4 is 11.6 Å². The summed E-state index contributed by atoms with van der Waals surface area (Å²) < 4.78 is 5.80. The molecular formula is C21H27N5O2. The molecule has 0 N–H and O–H groups in total. The van der Waals surface area contributed by atoms with Gasteiger partial charge in [0, 0.05) is 44.3 Å². The van der Waals surface area contributed by atoms with Crippen molar-refractivity contribution in [2.75, 3.05) is 37.6 Å². The average Bonchev–Trinajstić information content (AvgIpc) is 3.49. The quantitative estimate of drug-likeness (QED) is 0.792. The van der Waals surface area contributed by atoms with Crippen LogP contribution < -0.4 is 4.90 Å². The van der Waals surface area contributed by atoms with Crippen LogP contribution in [0.5, 0.6) is 0 Å². The minimum Gasteiger partial charge on any atom is -0.424 e. The van der Waals surface area contributed by atoms with Crippen LogP contribution in [-0.2, 0) is 11.3 Å². The molecule has 1 atom stereocenters. The van der Waals surface area contributed by atoms with Crippen molar-refractivity contribution in [3.63, 3.8) is 0 Å². The smallest absolute Gasteiger partial charge is 0.244 e. The van der Waals surface area contributed by atoms with Crippen LogP contribution >= 0.6 is 0 Å². The van der Waals surface area contributed by atoms with Crippen LogP contribution in [0.3, 0.4) is 0 Å². The summed E-state index contributed by atoms with van der Waals surface area (Å²) in [6, 6.07) is 10.0. The minimum absolute atomic E-state index is 0.000907. The third-order valence-corrected chi connectivity index (χ3v) is 6.09. The Labute approximate surface area is 165 Å². The van der Waals surface area contributed by atoms with Gasteiger partial charge in [0.05, 0.1) is 12.6 Å². The molecule has 0 bridgehead atoms. The number of piperazine rings is 1. The van der Waals surface area contributed by atoms with Crippen LogP contribution in [0.25, 0.3) is 0 Å². The van der Waals surface area contributed by atoms with Gasteiger partial charge >= 0.3 is 0 Å². The Balaban J connectivity index is 1.17. The third kappa shape index (κ3) is 3.69. The van der Waals surface area contributed by atoms with Crippen LogP contribution in [0, 0.1) is 0 Å². The summed E-state index contributed by atoms with van der Waals surface area (Å²) in [5.41, 5.74) is 1.01. The van der Waals surface area contributed by atoms with Gasteiger partial charge in [-0.2, -0.15) is 0 Å². The minimum atomic E-state index is 0.000907. The lowest BCUT2D eigenvalue weighted by Gasteiger charge is -2.42. The number of carbonyl (C=O) groups is 1. The molecular weight excluding hydrogens is 354 g/mol. The topological polar surface area (TPSA) is 65.7 Å². The SMILES string of the molecule is O=C1[C@@H](N2CCN(Cc3nnc(C4CC4)o3)CC2)CCCN1c1ccccc1. The Morgan fingerprint density at radius 1 is 0.964 bits per heavy atom. The number of piperidine rings is 1. The zero-order valence-corrected chi connectivity index (χ0v) is 16.2. The molecule has 1 aromatic heterocycles. The van der Waals surface area contributed by atoms with Gasteiger partial charge in [-0.25, -0.2) is 0 Å². The molecule has 3 heterocycles. The lowest BCUT2D eigenvalue weighted by molar-refractivity contribution is -0.126. The van der Waals surface area contributed by atoms with E-state index in [9.17, 15) is 4.79 Å². The molecule has 148 valence electrons. The predicted molar refractivity (Wildman–Crippen MR) is 105 cm³/mol. The number of anilines is 1. The first-order valence-corrected chi connectivity index (χ1v) is 10.4. The van der Waals surface area contributed by atoms with Gasteiger partial charge in [-0.1, -0.05) is 18.2 Å². The molecule has 1 amide bonds. The summed E-state index contributed by atoms with van der Waals surface area (Å²) in [6.07, 6.45) is 4.36. The molecule has 7 nitrogen and oxygen atoms in total. The highest BCUT2D eigenvalue weighted by molar-refractivity contribution is 5.97. The van der Waals surface area contributed by atoms with Gasteiger partial charge in [0.2, 0.25) is 17.7 Å². The Morgan fingerprint density at radius 3 is 2.50 bits per heavy atom. The van der Waals surface area contributed by atoms with Gasteiger partial charge in [-0.05, 0) is 37.8 Å². The fourth-order valence-corrected chi connectivity index (χ4v) is 4.31. The fourth-order valence-electron chi connectivity index (χ4n) is 4.31. The second-order valence-corrected chi connectivity index (χ2v) is 8.10. The van der Waals surface area contributed by atoms with Gasteiger partial charge in [-0.15, -0.1) is 10.2 Å². The van der Waals surface area contributed by atoms with Crippen LogP contribution in [-0.4, -0.2) is 64.7 Å². The summed E-state index contributed by atoms with van der Waals surface area (Å²) >= 11 is 0. The molecule has 0 unspecified atom stereocenters. The van der Waals surface area contributed by atoms with E-state index in [0.717, 1.165) is 63.0 Å². The van der Waals surface area contributed by atoms with Crippen LogP contribution in [0.15, 0.2) is 34.7 Å². The van der Waals surface area contributed by atoms with E-state index >= 15 is 0 Å². The Hall–Kier alpha value is -2.25. The first kappa shape index (κ1) is 17.8. The predicted octanol–water partition coefficient (Wildman–Crippen LogP) is 2.26. The van der Waals surface area contributed by atoms with E-state index in [-0.39, 0.29) is 11.9 Å². The Bertz CT molecular complexity index is 811. The van der Waals surface area contributed by atoms with E-state index in [2.05, 4.69) is 20.0 Å². The maximum atomic E-state index is 13.1. The van der Waals surface area contributed by atoms with Crippen molar-refractivity contribution in [1.29, 1.82) is 0 Å². The number of para-hydroxylation sites is 1. The molecule has 1 saturated carbocycles. The van der Waals surface area contributed by atoms with E-state index in [1.807, 2.05) is 35.2 Å². The number of benzene rings is 1. The normalized spacial score (nSPS) is 24.6. The van der Waals surface area contributed by atoms with Gasteiger partial charge < -0.3 is 9.32 Å². The summed E-state index contributed by atoms with van der Waals surface area (Å²) in [6.45, 7) is 5.19. The Morgan fingerprint density at radius 2 is 1.75 bits per heavy atom. The van der Waals surface area contributed by atoms with Crippen LogP contribution in [0.1, 0.15) is 43.4 Å². The number of hydrogen-bond acceptors (Lipinski definition) is 6. The molecule has 2 aromatic rings. The van der Waals surface area contributed by atoms with Crippen LogP contribution in [0.2, 0.25) is 0 Å². The van der Waals surface area contributed by atoms with Gasteiger partial charge in [0.1, 0.15) is 0 Å². The van der Waals surface area contributed by atoms with E-state index in [1.165, 1.54) is 12.8 Å². The molecule has 0 radical (unpaired) electrons. The highest BCUT2D eigenvalue weighted by Crippen LogP contribution is 2.39. The van der Waals surface area contributed by atoms with Gasteiger partial charge in [0.15, 0.2) is 0 Å². The van der Waals surface area contributed by atoms with E-state index in [4.69, 9.17) is 4.42 Å². The number of aromatic nitrogens is 2. The van der Waals surface area contributed by atoms with Crippen molar-refractivity contribution in [3.05, 3.63) is 42.1 Å². The third-order valence-electron chi connectivity index (χ3n) is 6.09. The Kier molecular flexibility index (Phi) is 4.86. The molecule has 2 saturated heterocycles. The zero-order valence-electron chi connectivity index (χ0n) is 16.2. The molecule has 1 aliphatic carbocycles. The van der Waals surface area contributed by atoms with Crippen molar-refractivity contribution in [2.45, 2.75) is 44.2 Å². The molecule has 28 heavy (non-hydrogen) atoms. The molecule has 1 aromatic carbocycles. The number of carbonyl (C=O) groups excluding carboxylic acids is 1. The number of hydrogen-bond donors (Lipinski definition) is 0. The first-order valence-electron chi connectivity index (χ1n) is 10.4. The molecule has 0 spiro atoms. The number of nitrogens with zero attached hydrogens (tertiary/aromatic N) is 5. The second kappa shape index (κ2) is 7.64. The average molecular weight is 381 g/mol. The summed E-state index contributed by atoms with van der Waals surface area (Å²) in [5, 5.41) is 8.38. The lowest BCUT2D eigenvalue weighted by atomic mass is 10.0. The van der Waals surface area contributed by atoms with Crippen molar-refractivity contribution < 1.29 is 9.21 Å². The maximum Gasteiger partial charge on any atom is 0.244 e. The molecule has 5 rings (SSSR count). The zero-order chi connectivity index (χ0) is 18.9. The fraction of sp³-hybridized carbons (Fsp3) is 0.571. The van der Waals surface area contributed by atoms with E-state index < -0.39 is 0 Å². The monoisotopic (exact) mass is 381 g/mol. The van der Waals surface area contributed by atoms with Crippen LogP contribution in [0.4, 0.5) is 5.69 Å². The van der Waals surface area contributed by atoms with Crippen molar-refractivity contribution in [3.8, 4) is 0 Å². The molecule has 3 fully saturated rings. The second-order valence-electron chi connectivity index (χ2n) is 8.10. The highest BCUT2D eigenvalue weighted by Gasteiger charge is 2.35. The number of rotatable bonds is 5. The highest BCUT2D eigenvalue weighted by atomic mass is 16.4. The largest absolute Gasteiger partial charge is 0.424 e. The van der Waals surface area contributed by atoms with Gasteiger partial charge in [-0.3, -0.25) is 14.6 Å². The molecule has 2 aliphatic heterocycles. The van der Waals surface area contributed by atoms with Gasteiger partial charge in [0.25, 0.3) is 0 Å². The van der Waals surface area contributed by atoms with Crippen molar-refractivity contribution in [1.82, 2.24) is 20.0 Å². The summed E-state index contributed by atoms with van der Waals surface area (Å²) in [7, 11) is 0. The first-order chi connectivity index (χ1) is 13.8. The molecule has 3 aliphatic rings. The summed E-state index contributed by atoms with van der Waals surface area (Å²) in [5.74, 6) is 2.28. The number of amides is 1. The summed E-state index contributed by atoms with van der Waals surface area (Å²) in [4.78, 5) is 19.8. The van der Waals surface area contributed by atoms with E-state index in [0.29, 0.717) is 12.5 Å².